The number of rotatable bonds is 5. The number of nitrogens with one attached hydrogen (secondary N) is 2. The van der Waals surface area contributed by atoms with Gasteiger partial charge in [-0.3, -0.25) is 4.79 Å². The number of carbonyl (C=O) groups excluding carboxylic acids is 1. The molecule has 0 aromatic heterocycles. The van der Waals surface area contributed by atoms with Crippen molar-refractivity contribution in [2.24, 2.45) is 0 Å². The number of anilines is 2. The molecule has 0 fully saturated rings. The number of aryl methyl sites for hydroxylation is 1. The smallest absolute Gasteiger partial charge is 0.243 e. The van der Waals surface area contributed by atoms with Gasteiger partial charge in [-0.25, -0.2) is 4.39 Å². The summed E-state index contributed by atoms with van der Waals surface area (Å²) in [6.07, 6.45) is 0. The fourth-order valence-corrected chi connectivity index (χ4v) is 3.01. The SMILES string of the molecule is CCN(CC(=O)Nc1ccc2c(c1)OCCO2)C(=S)Nc1ccc(C)c(F)c1. The van der Waals surface area contributed by atoms with Gasteiger partial charge >= 0.3 is 0 Å². The van der Waals surface area contributed by atoms with E-state index in [0.717, 1.165) is 0 Å². The molecular formula is C20H22FN3O3S. The lowest BCUT2D eigenvalue weighted by Gasteiger charge is -2.24. The summed E-state index contributed by atoms with van der Waals surface area (Å²) < 4.78 is 24.7. The van der Waals surface area contributed by atoms with Crippen LogP contribution in [0.25, 0.3) is 0 Å². The summed E-state index contributed by atoms with van der Waals surface area (Å²) >= 11 is 5.37. The van der Waals surface area contributed by atoms with Crippen LogP contribution in [0.2, 0.25) is 0 Å². The summed E-state index contributed by atoms with van der Waals surface area (Å²) in [6, 6.07) is 10.0. The first-order valence-electron chi connectivity index (χ1n) is 8.98. The molecule has 2 aromatic carbocycles. The standard InChI is InChI=1S/C20H22FN3O3S/c1-3-24(20(28)23-14-5-4-13(2)16(21)10-14)12-19(25)22-15-6-7-17-18(11-15)27-9-8-26-17/h4-7,10-11H,3,8-9,12H2,1-2H3,(H,22,25)(H,23,28). The summed E-state index contributed by atoms with van der Waals surface area (Å²) in [6.45, 7) is 5.16. The van der Waals surface area contributed by atoms with Crippen molar-refractivity contribution in [1.29, 1.82) is 0 Å². The highest BCUT2D eigenvalue weighted by Crippen LogP contribution is 2.32. The second-order valence-corrected chi connectivity index (χ2v) is 6.70. The molecule has 0 saturated heterocycles. The normalized spacial score (nSPS) is 12.2. The number of thiocarbonyl (C=S) groups is 1. The first kappa shape index (κ1) is 19.9. The lowest BCUT2D eigenvalue weighted by molar-refractivity contribution is -0.116. The fraction of sp³-hybridized carbons (Fsp3) is 0.300. The van der Waals surface area contributed by atoms with Crippen LogP contribution in [0, 0.1) is 12.7 Å². The number of fused-ring (bicyclic) bond motifs is 1. The van der Waals surface area contributed by atoms with Gasteiger partial charge in [0.2, 0.25) is 5.91 Å². The van der Waals surface area contributed by atoms with Gasteiger partial charge in [0.15, 0.2) is 16.6 Å². The second kappa shape index (κ2) is 8.88. The maximum absolute atomic E-state index is 13.7. The predicted octanol–water partition coefficient (Wildman–Crippen LogP) is 3.56. The Morgan fingerprint density at radius 2 is 1.79 bits per heavy atom. The van der Waals surface area contributed by atoms with Gasteiger partial charge in [0.1, 0.15) is 19.0 Å². The lowest BCUT2D eigenvalue weighted by Crippen LogP contribution is -2.40. The van der Waals surface area contributed by atoms with Gasteiger partial charge in [-0.15, -0.1) is 0 Å². The minimum Gasteiger partial charge on any atom is -0.486 e. The fourth-order valence-electron chi connectivity index (χ4n) is 2.70. The predicted molar refractivity (Wildman–Crippen MR) is 111 cm³/mol. The van der Waals surface area contributed by atoms with Crippen LogP contribution >= 0.6 is 12.2 Å². The van der Waals surface area contributed by atoms with Crippen molar-refractivity contribution in [2.75, 3.05) is 36.9 Å². The van der Waals surface area contributed by atoms with Crippen molar-refractivity contribution < 1.29 is 18.7 Å². The van der Waals surface area contributed by atoms with Gasteiger partial charge in [0.25, 0.3) is 0 Å². The molecule has 0 bridgehead atoms. The van der Waals surface area contributed by atoms with Crippen LogP contribution in [0.5, 0.6) is 11.5 Å². The monoisotopic (exact) mass is 403 g/mol. The molecule has 1 aliphatic rings. The van der Waals surface area contributed by atoms with E-state index in [9.17, 15) is 9.18 Å². The van der Waals surface area contributed by atoms with E-state index in [1.807, 2.05) is 6.92 Å². The van der Waals surface area contributed by atoms with Crippen molar-refractivity contribution in [2.45, 2.75) is 13.8 Å². The van der Waals surface area contributed by atoms with Gasteiger partial charge in [-0.05, 0) is 55.9 Å². The Morgan fingerprint density at radius 1 is 1.11 bits per heavy atom. The molecule has 1 heterocycles. The maximum atomic E-state index is 13.7. The third-order valence-electron chi connectivity index (χ3n) is 4.25. The third-order valence-corrected chi connectivity index (χ3v) is 4.61. The summed E-state index contributed by atoms with van der Waals surface area (Å²) in [4.78, 5) is 14.1. The minimum absolute atomic E-state index is 0.0606. The van der Waals surface area contributed by atoms with Crippen molar-refractivity contribution in [3.8, 4) is 11.5 Å². The van der Waals surface area contributed by atoms with E-state index in [4.69, 9.17) is 21.7 Å². The van der Waals surface area contributed by atoms with Gasteiger partial charge in [-0.1, -0.05) is 6.07 Å². The van der Waals surface area contributed by atoms with Crippen molar-refractivity contribution in [3.63, 3.8) is 0 Å². The highest BCUT2D eigenvalue weighted by atomic mass is 32.1. The number of halogens is 1. The Balaban J connectivity index is 1.59. The van der Waals surface area contributed by atoms with Crippen LogP contribution in [0.3, 0.4) is 0 Å². The zero-order valence-corrected chi connectivity index (χ0v) is 16.6. The molecule has 0 unspecified atom stereocenters. The number of amides is 1. The van der Waals surface area contributed by atoms with Crippen LogP contribution in [0.15, 0.2) is 36.4 Å². The molecule has 6 nitrogen and oxygen atoms in total. The highest BCUT2D eigenvalue weighted by Gasteiger charge is 2.16. The van der Waals surface area contributed by atoms with E-state index in [0.29, 0.717) is 53.3 Å². The first-order valence-corrected chi connectivity index (χ1v) is 9.38. The van der Waals surface area contributed by atoms with Crippen LogP contribution in [-0.2, 0) is 4.79 Å². The van der Waals surface area contributed by atoms with Gasteiger partial charge in [0.05, 0.1) is 6.54 Å². The van der Waals surface area contributed by atoms with E-state index < -0.39 is 0 Å². The Morgan fingerprint density at radius 3 is 2.50 bits per heavy atom. The molecule has 148 valence electrons. The van der Waals surface area contributed by atoms with Crippen LogP contribution < -0.4 is 20.1 Å². The first-order chi connectivity index (χ1) is 13.5. The second-order valence-electron chi connectivity index (χ2n) is 6.31. The Hall–Kier alpha value is -2.87. The molecule has 0 aliphatic carbocycles. The largest absolute Gasteiger partial charge is 0.486 e. The van der Waals surface area contributed by atoms with E-state index in [-0.39, 0.29) is 18.3 Å². The van der Waals surface area contributed by atoms with Gasteiger partial charge < -0.3 is 25.0 Å². The van der Waals surface area contributed by atoms with Crippen molar-refractivity contribution >= 4 is 34.6 Å². The van der Waals surface area contributed by atoms with Crippen LogP contribution in [0.1, 0.15) is 12.5 Å². The number of ether oxygens (including phenoxy) is 2. The van der Waals surface area contributed by atoms with Crippen molar-refractivity contribution in [1.82, 2.24) is 4.90 Å². The van der Waals surface area contributed by atoms with E-state index >= 15 is 0 Å². The molecule has 2 aromatic rings. The summed E-state index contributed by atoms with van der Waals surface area (Å²) in [5, 5.41) is 6.15. The van der Waals surface area contributed by atoms with E-state index in [1.54, 1.807) is 42.2 Å². The molecule has 3 rings (SSSR count). The zero-order valence-electron chi connectivity index (χ0n) is 15.8. The number of benzene rings is 2. The molecule has 0 spiro atoms. The zero-order chi connectivity index (χ0) is 20.1. The number of hydrogen-bond donors (Lipinski definition) is 2. The molecular weight excluding hydrogens is 381 g/mol. The number of carbonyl (C=O) groups is 1. The van der Waals surface area contributed by atoms with E-state index in [2.05, 4.69) is 10.6 Å². The molecule has 0 saturated carbocycles. The molecule has 8 heteroatoms. The average molecular weight is 403 g/mol. The molecule has 2 N–H and O–H groups in total. The summed E-state index contributed by atoms with van der Waals surface area (Å²) in [5.41, 5.74) is 1.71. The van der Waals surface area contributed by atoms with Gasteiger partial charge in [-0.2, -0.15) is 0 Å². The lowest BCUT2D eigenvalue weighted by atomic mass is 10.2. The maximum Gasteiger partial charge on any atom is 0.243 e. The number of likely N-dealkylation sites (N-methyl/N-ethyl adjacent to an activating group) is 1. The Kier molecular flexibility index (Phi) is 6.30. The minimum atomic E-state index is -0.313. The summed E-state index contributed by atoms with van der Waals surface area (Å²) in [5.74, 6) is 0.732. The molecule has 0 radical (unpaired) electrons. The quantitative estimate of drug-likeness (QED) is 0.745. The van der Waals surface area contributed by atoms with Crippen LogP contribution in [0.4, 0.5) is 15.8 Å². The van der Waals surface area contributed by atoms with Crippen molar-refractivity contribution in [3.05, 3.63) is 47.8 Å². The number of nitrogens with zero attached hydrogens (tertiary/aromatic N) is 1. The van der Waals surface area contributed by atoms with E-state index in [1.165, 1.54) is 6.07 Å². The Bertz CT molecular complexity index is 891. The summed E-state index contributed by atoms with van der Waals surface area (Å²) in [7, 11) is 0. The molecule has 0 atom stereocenters. The van der Waals surface area contributed by atoms with Crippen LogP contribution in [-0.4, -0.2) is 42.2 Å². The molecule has 1 aliphatic heterocycles. The number of hydrogen-bond acceptors (Lipinski definition) is 4. The molecule has 1 amide bonds. The topological polar surface area (TPSA) is 62.8 Å². The molecule has 28 heavy (non-hydrogen) atoms. The Labute approximate surface area is 168 Å². The van der Waals surface area contributed by atoms with Gasteiger partial charge in [0, 0.05) is 24.0 Å². The third kappa shape index (κ3) is 4.89. The highest BCUT2D eigenvalue weighted by molar-refractivity contribution is 7.80. The average Bonchev–Trinajstić information content (AvgIpc) is 2.68.